The number of carbonyl (C=O) groups is 3. The van der Waals surface area contributed by atoms with Gasteiger partial charge in [-0.3, -0.25) is 23.4 Å². The summed E-state index contributed by atoms with van der Waals surface area (Å²) in [5, 5.41) is 9.82. The normalized spacial score (nSPS) is 13.9. The van der Waals surface area contributed by atoms with E-state index in [-0.39, 0.29) is 25.9 Å². The van der Waals surface area contributed by atoms with Crippen molar-refractivity contribution in [2.45, 2.75) is 277 Å². The van der Waals surface area contributed by atoms with Crippen LogP contribution in [0, 0.1) is 0 Å². The monoisotopic (exact) mass is 1090 g/mol. The summed E-state index contributed by atoms with van der Waals surface area (Å²) in [7, 11) is -4.77. The molecule has 0 radical (unpaired) electrons. The van der Waals surface area contributed by atoms with Crippen LogP contribution < -0.4 is 0 Å². The fourth-order valence-corrected chi connectivity index (χ4v) is 8.99. The number of unbranched alkanes of at least 4 members (excludes halogenated alkanes) is 25. The second kappa shape index (κ2) is 57.8. The van der Waals surface area contributed by atoms with Crippen molar-refractivity contribution in [3.8, 4) is 0 Å². The summed E-state index contributed by atoms with van der Waals surface area (Å²) in [5.41, 5.74) is 0. The highest BCUT2D eigenvalue weighted by Crippen LogP contribution is 2.43. The van der Waals surface area contributed by atoms with Crippen LogP contribution >= 0.6 is 7.82 Å². The average molecular weight is 1090 g/mol. The lowest BCUT2D eigenvalue weighted by atomic mass is 10.0. The molecule has 12 heteroatoms. The second-order valence-corrected chi connectivity index (χ2v) is 21.6. The molecule has 0 amide bonds. The Morgan fingerprint density at radius 1 is 0.382 bits per heavy atom. The van der Waals surface area contributed by atoms with E-state index >= 15 is 0 Å². The average Bonchev–Trinajstić information content (AvgIpc) is 3.41. The summed E-state index contributed by atoms with van der Waals surface area (Å²) < 4.78 is 39.5. The lowest BCUT2D eigenvalue weighted by molar-refractivity contribution is -0.161. The van der Waals surface area contributed by atoms with Gasteiger partial charge < -0.3 is 24.2 Å². The van der Waals surface area contributed by atoms with Crippen LogP contribution in [0.2, 0.25) is 0 Å². The van der Waals surface area contributed by atoms with Crippen molar-refractivity contribution in [2.75, 3.05) is 26.4 Å². The molecular weight excluding hydrogens is 976 g/mol. The van der Waals surface area contributed by atoms with Crippen LogP contribution in [0.3, 0.4) is 0 Å². The Morgan fingerprint density at radius 3 is 1.11 bits per heavy atom. The van der Waals surface area contributed by atoms with Gasteiger partial charge in [0.05, 0.1) is 19.8 Å². The summed E-state index contributed by atoms with van der Waals surface area (Å²) in [5.74, 6) is -1.56. The molecule has 0 aromatic heterocycles. The highest BCUT2D eigenvalue weighted by atomic mass is 31.2. The van der Waals surface area contributed by atoms with Gasteiger partial charge in [0, 0.05) is 19.3 Å². The fraction of sp³-hybridized carbons (Fsp3) is 0.734. The topological polar surface area (TPSA) is 155 Å². The van der Waals surface area contributed by atoms with E-state index in [4.69, 9.17) is 23.3 Å². The molecule has 11 nitrogen and oxygen atoms in total. The van der Waals surface area contributed by atoms with E-state index in [9.17, 15) is 28.9 Å². The van der Waals surface area contributed by atoms with Crippen LogP contribution in [0.15, 0.2) is 85.1 Å². The zero-order chi connectivity index (χ0) is 55.5. The highest BCUT2D eigenvalue weighted by molar-refractivity contribution is 7.47. The molecule has 0 aliphatic heterocycles. The minimum absolute atomic E-state index is 0.0991. The van der Waals surface area contributed by atoms with Gasteiger partial charge in [-0.2, -0.15) is 0 Å². The molecule has 0 aromatic carbocycles. The maximum absolute atomic E-state index is 12.9. The van der Waals surface area contributed by atoms with Crippen LogP contribution in [0.25, 0.3) is 0 Å². The van der Waals surface area contributed by atoms with Crippen LogP contribution in [0.4, 0.5) is 0 Å². The standard InChI is InChI=1S/C64H111O11P/c1-4-7-10-13-16-19-22-25-27-29-30-32-33-36-38-41-44-47-50-53-62(66)71-57-61(75-64(68)55-52-49-46-43-40-37-34-31-28-26-23-20-17-14-11-8-5-2)59-73-76(69,70)72-58-60(56-65)74-63(67)54-51-48-45-42-39-35-24-21-18-15-12-9-6-3/h7,10,16,19,25-28,30,32,36,38,44,47,60-61,65H,4-6,8-9,11-15,17-18,20-24,29,31,33-35,37,39-43,45-46,48-59H2,1-3H3,(H,69,70)/b10-7-,19-16-,27-25-,28-26-,32-30-,38-36-,47-44-. The van der Waals surface area contributed by atoms with Crippen molar-refractivity contribution >= 4 is 25.7 Å². The number of rotatable bonds is 56. The molecule has 0 saturated heterocycles. The first-order chi connectivity index (χ1) is 37.2. The van der Waals surface area contributed by atoms with E-state index < -0.39 is 57.8 Å². The molecule has 0 spiro atoms. The molecule has 0 bridgehead atoms. The second-order valence-electron chi connectivity index (χ2n) is 20.1. The van der Waals surface area contributed by atoms with E-state index in [2.05, 4.69) is 93.7 Å². The lowest BCUT2D eigenvalue weighted by Crippen LogP contribution is -2.30. The Hall–Kier alpha value is -3.34. The van der Waals surface area contributed by atoms with Crippen molar-refractivity contribution in [3.05, 3.63) is 85.1 Å². The molecule has 0 aliphatic rings. The van der Waals surface area contributed by atoms with E-state index in [0.717, 1.165) is 89.9 Å². The van der Waals surface area contributed by atoms with Gasteiger partial charge >= 0.3 is 25.7 Å². The maximum Gasteiger partial charge on any atom is 0.472 e. The van der Waals surface area contributed by atoms with E-state index in [0.29, 0.717) is 19.3 Å². The van der Waals surface area contributed by atoms with E-state index in [1.165, 1.54) is 116 Å². The third kappa shape index (κ3) is 55.4. The predicted molar refractivity (Wildman–Crippen MR) is 316 cm³/mol. The van der Waals surface area contributed by atoms with Gasteiger partial charge in [0.15, 0.2) is 6.10 Å². The predicted octanol–water partition coefficient (Wildman–Crippen LogP) is 18.3. The summed E-state index contributed by atoms with van der Waals surface area (Å²) in [4.78, 5) is 48.6. The Kier molecular flexibility index (Phi) is 55.3. The van der Waals surface area contributed by atoms with Gasteiger partial charge in [0.2, 0.25) is 0 Å². The number of aliphatic hydroxyl groups is 1. The van der Waals surface area contributed by atoms with Gasteiger partial charge in [0.1, 0.15) is 12.7 Å². The zero-order valence-corrected chi connectivity index (χ0v) is 49.3. The Labute approximate surface area is 464 Å². The summed E-state index contributed by atoms with van der Waals surface area (Å²) in [6.07, 6.45) is 66.9. The number of phosphoric ester groups is 1. The SMILES string of the molecule is CC/C=C\C/C=C\C/C=C\C/C=C\C/C=C\C/C=C\CCC(=O)OCC(COP(=O)(O)OCC(CO)OC(=O)CCCCCCCCCCCCCCC)OC(=O)CCCCCCCCC/C=C\CCCCCCCC. The first-order valence-electron chi connectivity index (χ1n) is 30.5. The fourth-order valence-electron chi connectivity index (χ4n) is 8.20. The van der Waals surface area contributed by atoms with Gasteiger partial charge in [-0.25, -0.2) is 4.57 Å². The number of aliphatic hydroxyl groups excluding tert-OH is 1. The lowest BCUT2D eigenvalue weighted by Gasteiger charge is -2.21. The van der Waals surface area contributed by atoms with Crippen molar-refractivity contribution in [3.63, 3.8) is 0 Å². The van der Waals surface area contributed by atoms with Crippen LogP contribution in [0.1, 0.15) is 265 Å². The maximum atomic E-state index is 12.9. The number of ether oxygens (including phenoxy) is 3. The number of esters is 3. The van der Waals surface area contributed by atoms with Crippen molar-refractivity contribution in [1.82, 2.24) is 0 Å². The molecule has 3 atom stereocenters. The molecule has 0 rings (SSSR count). The van der Waals surface area contributed by atoms with Crippen molar-refractivity contribution < 1.29 is 52.2 Å². The van der Waals surface area contributed by atoms with Crippen molar-refractivity contribution in [2.24, 2.45) is 0 Å². The number of phosphoric acid groups is 1. The highest BCUT2D eigenvalue weighted by Gasteiger charge is 2.28. The van der Waals surface area contributed by atoms with Gasteiger partial charge in [-0.05, 0) is 83.5 Å². The quantitative estimate of drug-likeness (QED) is 0.0197. The first kappa shape index (κ1) is 72.7. The van der Waals surface area contributed by atoms with E-state index in [1.807, 2.05) is 12.2 Å². The molecular formula is C64H111O11P. The number of carbonyl (C=O) groups excluding carboxylic acids is 3. The zero-order valence-electron chi connectivity index (χ0n) is 48.5. The number of hydrogen-bond donors (Lipinski definition) is 2. The van der Waals surface area contributed by atoms with Gasteiger partial charge in [-0.15, -0.1) is 0 Å². The van der Waals surface area contributed by atoms with Gasteiger partial charge in [0.25, 0.3) is 0 Å². The van der Waals surface area contributed by atoms with Crippen molar-refractivity contribution in [1.29, 1.82) is 0 Å². The molecule has 3 unspecified atom stereocenters. The molecule has 2 N–H and O–H groups in total. The summed E-state index contributed by atoms with van der Waals surface area (Å²) in [6, 6.07) is 0. The Bertz CT molecular complexity index is 1600. The summed E-state index contributed by atoms with van der Waals surface area (Å²) >= 11 is 0. The Morgan fingerprint density at radius 2 is 0.711 bits per heavy atom. The molecule has 0 saturated carbocycles. The molecule has 0 aromatic rings. The largest absolute Gasteiger partial charge is 0.472 e. The summed E-state index contributed by atoms with van der Waals surface area (Å²) in [6.45, 7) is 4.46. The van der Waals surface area contributed by atoms with Gasteiger partial charge in [-0.1, -0.05) is 247 Å². The minimum atomic E-state index is -4.77. The van der Waals surface area contributed by atoms with Crippen LogP contribution in [-0.4, -0.2) is 66.5 Å². The number of allylic oxidation sites excluding steroid dienone is 14. The third-order valence-corrected chi connectivity index (χ3v) is 13.8. The first-order valence-corrected chi connectivity index (χ1v) is 32.0. The molecule has 438 valence electrons. The van der Waals surface area contributed by atoms with Crippen LogP contribution in [0.5, 0.6) is 0 Å². The third-order valence-electron chi connectivity index (χ3n) is 12.8. The smallest absolute Gasteiger partial charge is 0.462 e. The molecule has 0 aliphatic carbocycles. The molecule has 0 fully saturated rings. The minimum Gasteiger partial charge on any atom is -0.462 e. The van der Waals surface area contributed by atoms with E-state index in [1.54, 1.807) is 0 Å². The van der Waals surface area contributed by atoms with Crippen LogP contribution in [-0.2, 0) is 42.2 Å². The molecule has 76 heavy (non-hydrogen) atoms. The molecule has 0 heterocycles. The number of hydrogen-bond acceptors (Lipinski definition) is 10. The Balaban J connectivity index is 4.82.